The van der Waals surface area contributed by atoms with Gasteiger partial charge in [-0.25, -0.2) is 9.97 Å². The third-order valence-electron chi connectivity index (χ3n) is 2.59. The lowest BCUT2D eigenvalue weighted by Crippen LogP contribution is -2.04. The molecule has 0 unspecified atom stereocenters. The van der Waals surface area contributed by atoms with E-state index in [1.54, 1.807) is 18.9 Å². The zero-order valence-electron chi connectivity index (χ0n) is 10.7. The van der Waals surface area contributed by atoms with E-state index < -0.39 is 0 Å². The first kappa shape index (κ1) is 14.0. The van der Waals surface area contributed by atoms with E-state index in [1.165, 1.54) is 6.33 Å². The lowest BCUT2D eigenvalue weighted by Gasteiger charge is -2.11. The van der Waals surface area contributed by atoms with Gasteiger partial charge in [0.15, 0.2) is 0 Å². The molecule has 19 heavy (non-hydrogen) atoms. The highest BCUT2D eigenvalue weighted by Crippen LogP contribution is 2.27. The Morgan fingerprint density at radius 3 is 2.95 bits per heavy atom. The fourth-order valence-corrected chi connectivity index (χ4v) is 2.24. The van der Waals surface area contributed by atoms with Gasteiger partial charge in [-0.15, -0.1) is 11.8 Å². The van der Waals surface area contributed by atoms with E-state index >= 15 is 0 Å². The smallest absolute Gasteiger partial charge is 0.130 e. The second-order valence-corrected chi connectivity index (χ2v) is 4.95. The molecular formula is C13H14ClN3OS. The molecule has 0 fully saturated rings. The van der Waals surface area contributed by atoms with E-state index in [0.717, 1.165) is 22.2 Å². The van der Waals surface area contributed by atoms with Crippen LogP contribution in [0.5, 0.6) is 5.75 Å². The summed E-state index contributed by atoms with van der Waals surface area (Å²) < 4.78 is 5.30. The van der Waals surface area contributed by atoms with Crippen LogP contribution < -0.4 is 10.1 Å². The summed E-state index contributed by atoms with van der Waals surface area (Å²) in [5, 5.41) is 4.81. The van der Waals surface area contributed by atoms with Crippen LogP contribution in [0.4, 0.5) is 5.82 Å². The number of aromatic nitrogens is 2. The molecule has 0 atom stereocenters. The lowest BCUT2D eigenvalue weighted by atomic mass is 10.2. The van der Waals surface area contributed by atoms with Crippen LogP contribution in [-0.4, -0.2) is 23.3 Å². The summed E-state index contributed by atoms with van der Waals surface area (Å²) in [5.74, 6) is 1.53. The van der Waals surface area contributed by atoms with Gasteiger partial charge in [0.05, 0.1) is 7.11 Å². The molecule has 0 saturated carbocycles. The lowest BCUT2D eigenvalue weighted by molar-refractivity contribution is 0.410. The number of ether oxygens (including phenoxy) is 1. The fourth-order valence-electron chi connectivity index (χ4n) is 1.63. The molecular weight excluding hydrogens is 282 g/mol. The SMILES string of the molecule is COc1cccc(Cl)c1CNc1cc(SC)ncn1. The number of methoxy groups -OCH3 is 1. The molecule has 1 heterocycles. The zero-order valence-corrected chi connectivity index (χ0v) is 12.3. The number of hydrogen-bond acceptors (Lipinski definition) is 5. The maximum absolute atomic E-state index is 6.18. The third-order valence-corrected chi connectivity index (χ3v) is 3.59. The van der Waals surface area contributed by atoms with Crippen LogP contribution in [0.25, 0.3) is 0 Å². The van der Waals surface area contributed by atoms with Crippen molar-refractivity contribution in [2.24, 2.45) is 0 Å². The van der Waals surface area contributed by atoms with Crippen molar-refractivity contribution >= 4 is 29.2 Å². The molecule has 100 valence electrons. The summed E-state index contributed by atoms with van der Waals surface area (Å²) in [6.45, 7) is 0.549. The molecule has 0 radical (unpaired) electrons. The van der Waals surface area contributed by atoms with E-state index in [9.17, 15) is 0 Å². The number of benzene rings is 1. The minimum atomic E-state index is 0.549. The van der Waals surface area contributed by atoms with Gasteiger partial charge in [-0.3, -0.25) is 0 Å². The average Bonchev–Trinajstić information content (AvgIpc) is 2.46. The molecule has 1 aromatic heterocycles. The summed E-state index contributed by atoms with van der Waals surface area (Å²) in [4.78, 5) is 8.29. The Bertz CT molecular complexity index is 565. The topological polar surface area (TPSA) is 47.0 Å². The first-order valence-electron chi connectivity index (χ1n) is 5.66. The van der Waals surface area contributed by atoms with Gasteiger partial charge in [0, 0.05) is 23.2 Å². The molecule has 0 aliphatic heterocycles. The molecule has 1 N–H and O–H groups in total. The van der Waals surface area contributed by atoms with E-state index in [0.29, 0.717) is 11.6 Å². The summed E-state index contributed by atoms with van der Waals surface area (Å²) >= 11 is 7.75. The molecule has 0 bridgehead atoms. The Kier molecular flexibility index (Phi) is 4.87. The van der Waals surface area contributed by atoms with Gasteiger partial charge in [-0.1, -0.05) is 17.7 Å². The highest BCUT2D eigenvalue weighted by atomic mass is 35.5. The summed E-state index contributed by atoms with van der Waals surface area (Å²) in [7, 11) is 1.63. The van der Waals surface area contributed by atoms with Crippen LogP contribution in [0.3, 0.4) is 0 Å². The van der Waals surface area contributed by atoms with Gasteiger partial charge >= 0.3 is 0 Å². The minimum Gasteiger partial charge on any atom is -0.496 e. The average molecular weight is 296 g/mol. The largest absolute Gasteiger partial charge is 0.496 e. The number of anilines is 1. The van der Waals surface area contributed by atoms with E-state index in [4.69, 9.17) is 16.3 Å². The first-order valence-corrected chi connectivity index (χ1v) is 7.26. The summed E-state index contributed by atoms with van der Waals surface area (Å²) in [5.41, 5.74) is 0.913. The van der Waals surface area contributed by atoms with Crippen molar-refractivity contribution < 1.29 is 4.74 Å². The highest BCUT2D eigenvalue weighted by Gasteiger charge is 2.07. The van der Waals surface area contributed by atoms with Crippen molar-refractivity contribution in [2.45, 2.75) is 11.6 Å². The summed E-state index contributed by atoms with van der Waals surface area (Å²) in [6, 6.07) is 7.49. The van der Waals surface area contributed by atoms with Crippen molar-refractivity contribution in [3.8, 4) is 5.75 Å². The molecule has 0 amide bonds. The first-order chi connectivity index (χ1) is 9.24. The standard InChI is InChI=1S/C13H14ClN3OS/c1-18-11-5-3-4-10(14)9(11)7-15-12-6-13(19-2)17-8-16-12/h3-6,8H,7H2,1-2H3,(H,15,16,17). The normalized spacial score (nSPS) is 10.3. The number of nitrogens with zero attached hydrogens (tertiary/aromatic N) is 2. The number of halogens is 1. The van der Waals surface area contributed by atoms with Crippen LogP contribution in [0.15, 0.2) is 35.6 Å². The Morgan fingerprint density at radius 2 is 2.21 bits per heavy atom. The van der Waals surface area contributed by atoms with Crippen LogP contribution in [0, 0.1) is 0 Å². The predicted molar refractivity (Wildman–Crippen MR) is 79.1 cm³/mol. The Hall–Kier alpha value is -1.46. The molecule has 0 aliphatic rings. The van der Waals surface area contributed by atoms with Crippen LogP contribution in [0.1, 0.15) is 5.56 Å². The van der Waals surface area contributed by atoms with E-state index in [-0.39, 0.29) is 0 Å². The number of nitrogens with one attached hydrogen (secondary N) is 1. The minimum absolute atomic E-state index is 0.549. The quantitative estimate of drug-likeness (QED) is 0.676. The molecule has 2 rings (SSSR count). The van der Waals surface area contributed by atoms with Gasteiger partial charge in [-0.05, 0) is 18.4 Å². The molecule has 1 aromatic carbocycles. The van der Waals surface area contributed by atoms with Gasteiger partial charge in [0.1, 0.15) is 22.9 Å². The third kappa shape index (κ3) is 3.52. The maximum atomic E-state index is 6.18. The van der Waals surface area contributed by atoms with Crippen LogP contribution in [0.2, 0.25) is 5.02 Å². The Morgan fingerprint density at radius 1 is 1.37 bits per heavy atom. The van der Waals surface area contributed by atoms with Gasteiger partial charge in [-0.2, -0.15) is 0 Å². The number of hydrogen-bond donors (Lipinski definition) is 1. The molecule has 6 heteroatoms. The van der Waals surface area contributed by atoms with Gasteiger partial charge in [0.2, 0.25) is 0 Å². The van der Waals surface area contributed by atoms with E-state index in [1.807, 2.05) is 30.5 Å². The van der Waals surface area contributed by atoms with Crippen molar-refractivity contribution in [1.29, 1.82) is 0 Å². The van der Waals surface area contributed by atoms with Crippen molar-refractivity contribution in [3.63, 3.8) is 0 Å². The van der Waals surface area contributed by atoms with Crippen molar-refractivity contribution in [1.82, 2.24) is 9.97 Å². The monoisotopic (exact) mass is 295 g/mol. The Balaban J connectivity index is 2.14. The second kappa shape index (κ2) is 6.63. The van der Waals surface area contributed by atoms with Crippen molar-refractivity contribution in [2.75, 3.05) is 18.7 Å². The number of thioether (sulfide) groups is 1. The van der Waals surface area contributed by atoms with E-state index in [2.05, 4.69) is 15.3 Å². The van der Waals surface area contributed by atoms with Crippen molar-refractivity contribution in [3.05, 3.63) is 41.2 Å². The molecule has 2 aromatic rings. The summed E-state index contributed by atoms with van der Waals surface area (Å²) in [6.07, 6.45) is 3.52. The van der Waals surface area contributed by atoms with Gasteiger partial charge in [0.25, 0.3) is 0 Å². The fraction of sp³-hybridized carbons (Fsp3) is 0.231. The second-order valence-electron chi connectivity index (χ2n) is 3.72. The van der Waals surface area contributed by atoms with Crippen LogP contribution >= 0.6 is 23.4 Å². The Labute approximate surface area is 121 Å². The molecule has 4 nitrogen and oxygen atoms in total. The zero-order chi connectivity index (χ0) is 13.7. The highest BCUT2D eigenvalue weighted by molar-refractivity contribution is 7.98. The molecule has 0 saturated heterocycles. The van der Waals surface area contributed by atoms with Gasteiger partial charge < -0.3 is 10.1 Å². The number of rotatable bonds is 5. The maximum Gasteiger partial charge on any atom is 0.130 e. The predicted octanol–water partition coefficient (Wildman–Crippen LogP) is 3.47. The molecule has 0 aliphatic carbocycles. The molecule has 0 spiro atoms. The van der Waals surface area contributed by atoms with Crippen LogP contribution in [-0.2, 0) is 6.54 Å².